The topological polar surface area (TPSA) is 49.3 Å². The number of carboxylic acids is 1. The second kappa shape index (κ2) is 6.44. The van der Waals surface area contributed by atoms with E-state index in [0.717, 1.165) is 23.4 Å². The minimum Gasteiger partial charge on any atom is -0.481 e. The molecule has 2 N–H and O–H groups in total. The van der Waals surface area contributed by atoms with Gasteiger partial charge in [0.15, 0.2) is 0 Å². The molecule has 110 valence electrons. The molecule has 0 fully saturated rings. The van der Waals surface area contributed by atoms with Crippen molar-refractivity contribution >= 4 is 11.7 Å². The lowest BCUT2D eigenvalue weighted by Gasteiger charge is -2.10. The number of nitrogens with one attached hydrogen (secondary N) is 1. The molecule has 1 unspecified atom stereocenters. The van der Waals surface area contributed by atoms with Crippen LogP contribution in [0.3, 0.4) is 0 Å². The molecule has 0 spiro atoms. The molecule has 0 aliphatic heterocycles. The number of hydrogen-bond acceptors (Lipinski definition) is 2. The third-order valence-corrected chi connectivity index (χ3v) is 3.85. The van der Waals surface area contributed by atoms with Crippen LogP contribution in [0.2, 0.25) is 0 Å². The van der Waals surface area contributed by atoms with Crippen LogP contribution in [0.5, 0.6) is 0 Å². The summed E-state index contributed by atoms with van der Waals surface area (Å²) >= 11 is 0. The lowest BCUT2D eigenvalue weighted by atomic mass is 10.00. The molecule has 0 aromatic heterocycles. The highest BCUT2D eigenvalue weighted by Crippen LogP contribution is 2.18. The maximum absolute atomic E-state index is 10.9. The molecule has 1 atom stereocenters. The van der Waals surface area contributed by atoms with Gasteiger partial charge in [-0.25, -0.2) is 0 Å². The SMILES string of the molecule is Cc1ccc(NCc2ccc(C(C)C(=O)O)cc2)cc1C. The molecule has 0 heterocycles. The van der Waals surface area contributed by atoms with E-state index in [0.29, 0.717) is 0 Å². The quantitative estimate of drug-likeness (QED) is 0.868. The average molecular weight is 283 g/mol. The number of aryl methyl sites for hydroxylation is 2. The maximum Gasteiger partial charge on any atom is 0.310 e. The van der Waals surface area contributed by atoms with Crippen molar-refractivity contribution in [1.82, 2.24) is 0 Å². The highest BCUT2D eigenvalue weighted by molar-refractivity contribution is 5.75. The molecule has 0 aliphatic carbocycles. The average Bonchev–Trinajstić information content (AvgIpc) is 2.48. The molecule has 3 heteroatoms. The number of anilines is 1. The molecule has 0 saturated carbocycles. The summed E-state index contributed by atoms with van der Waals surface area (Å²) in [4.78, 5) is 10.9. The lowest BCUT2D eigenvalue weighted by Crippen LogP contribution is -2.07. The third kappa shape index (κ3) is 3.85. The summed E-state index contributed by atoms with van der Waals surface area (Å²) in [5.41, 5.74) is 5.62. The molecule has 0 bridgehead atoms. The van der Waals surface area contributed by atoms with Crippen LogP contribution in [0.15, 0.2) is 42.5 Å². The number of benzene rings is 2. The Labute approximate surface area is 125 Å². The van der Waals surface area contributed by atoms with Crippen LogP contribution >= 0.6 is 0 Å². The van der Waals surface area contributed by atoms with Crippen molar-refractivity contribution in [2.45, 2.75) is 33.2 Å². The molecule has 0 radical (unpaired) electrons. The van der Waals surface area contributed by atoms with Crippen LogP contribution in [0.1, 0.15) is 35.1 Å². The van der Waals surface area contributed by atoms with E-state index in [9.17, 15) is 4.79 Å². The van der Waals surface area contributed by atoms with Gasteiger partial charge < -0.3 is 10.4 Å². The number of hydrogen-bond donors (Lipinski definition) is 2. The standard InChI is InChI=1S/C18H21NO2/c1-12-4-9-17(10-13(12)2)19-11-15-5-7-16(8-6-15)14(3)18(20)21/h4-10,14,19H,11H2,1-3H3,(H,20,21). The van der Waals surface area contributed by atoms with Gasteiger partial charge in [-0.15, -0.1) is 0 Å². The zero-order chi connectivity index (χ0) is 15.4. The Balaban J connectivity index is 2.00. The summed E-state index contributed by atoms with van der Waals surface area (Å²) in [5, 5.41) is 12.4. The van der Waals surface area contributed by atoms with Crippen molar-refractivity contribution in [2.75, 3.05) is 5.32 Å². The second-order valence-corrected chi connectivity index (χ2v) is 5.45. The molecule has 2 aromatic carbocycles. The molecular formula is C18H21NO2. The molecule has 3 nitrogen and oxygen atoms in total. The van der Waals surface area contributed by atoms with Gasteiger partial charge in [-0.2, -0.15) is 0 Å². The van der Waals surface area contributed by atoms with Crippen molar-refractivity contribution in [1.29, 1.82) is 0 Å². The molecule has 0 amide bonds. The van der Waals surface area contributed by atoms with Crippen molar-refractivity contribution < 1.29 is 9.90 Å². The second-order valence-electron chi connectivity index (χ2n) is 5.45. The fraction of sp³-hybridized carbons (Fsp3) is 0.278. The van der Waals surface area contributed by atoms with Crippen LogP contribution in [0, 0.1) is 13.8 Å². The summed E-state index contributed by atoms with van der Waals surface area (Å²) in [6.07, 6.45) is 0. The first kappa shape index (κ1) is 15.1. The van der Waals surface area contributed by atoms with E-state index in [1.54, 1.807) is 6.92 Å². The van der Waals surface area contributed by atoms with Crippen LogP contribution in [-0.2, 0) is 11.3 Å². The number of carbonyl (C=O) groups is 1. The fourth-order valence-electron chi connectivity index (χ4n) is 2.12. The van der Waals surface area contributed by atoms with Crippen molar-refractivity contribution in [2.24, 2.45) is 0 Å². The smallest absolute Gasteiger partial charge is 0.310 e. The van der Waals surface area contributed by atoms with E-state index in [-0.39, 0.29) is 0 Å². The first-order valence-corrected chi connectivity index (χ1v) is 7.10. The normalized spacial score (nSPS) is 12.0. The molecule has 0 saturated heterocycles. The summed E-state index contributed by atoms with van der Waals surface area (Å²) in [7, 11) is 0. The van der Waals surface area contributed by atoms with E-state index in [2.05, 4.69) is 37.4 Å². The molecule has 2 rings (SSSR count). The summed E-state index contributed by atoms with van der Waals surface area (Å²) in [6, 6.07) is 14.0. The Morgan fingerprint density at radius 1 is 1.10 bits per heavy atom. The number of aliphatic carboxylic acids is 1. The first-order chi connectivity index (χ1) is 9.97. The van der Waals surface area contributed by atoms with Crippen LogP contribution in [-0.4, -0.2) is 11.1 Å². The van der Waals surface area contributed by atoms with Gasteiger partial charge in [0.05, 0.1) is 5.92 Å². The zero-order valence-corrected chi connectivity index (χ0v) is 12.7. The van der Waals surface area contributed by atoms with Gasteiger partial charge in [0.25, 0.3) is 0 Å². The van der Waals surface area contributed by atoms with Crippen molar-refractivity contribution in [3.63, 3.8) is 0 Å². The molecule has 21 heavy (non-hydrogen) atoms. The molecule has 2 aromatic rings. The van der Waals surface area contributed by atoms with E-state index in [1.807, 2.05) is 24.3 Å². The maximum atomic E-state index is 10.9. The van der Waals surface area contributed by atoms with Crippen molar-refractivity contribution in [3.8, 4) is 0 Å². The van der Waals surface area contributed by atoms with E-state index in [1.165, 1.54) is 11.1 Å². The van der Waals surface area contributed by atoms with Gasteiger partial charge in [0.2, 0.25) is 0 Å². The largest absolute Gasteiger partial charge is 0.481 e. The Bertz CT molecular complexity index is 632. The van der Waals surface area contributed by atoms with Crippen LogP contribution in [0.4, 0.5) is 5.69 Å². The minimum atomic E-state index is -0.795. The van der Waals surface area contributed by atoms with Crippen molar-refractivity contribution in [3.05, 3.63) is 64.7 Å². The number of carboxylic acid groups (broad SMARTS) is 1. The predicted molar refractivity (Wildman–Crippen MR) is 85.7 cm³/mol. The Morgan fingerprint density at radius 3 is 2.33 bits per heavy atom. The van der Waals surface area contributed by atoms with Gasteiger partial charge >= 0.3 is 5.97 Å². The Morgan fingerprint density at radius 2 is 1.76 bits per heavy atom. The molecule has 0 aliphatic rings. The van der Waals surface area contributed by atoms with E-state index >= 15 is 0 Å². The zero-order valence-electron chi connectivity index (χ0n) is 12.7. The highest BCUT2D eigenvalue weighted by atomic mass is 16.4. The third-order valence-electron chi connectivity index (χ3n) is 3.85. The highest BCUT2D eigenvalue weighted by Gasteiger charge is 2.12. The van der Waals surface area contributed by atoms with Gasteiger partial charge in [-0.1, -0.05) is 30.3 Å². The van der Waals surface area contributed by atoms with E-state index in [4.69, 9.17) is 5.11 Å². The van der Waals surface area contributed by atoms with Crippen LogP contribution < -0.4 is 5.32 Å². The Kier molecular flexibility index (Phi) is 4.63. The summed E-state index contributed by atoms with van der Waals surface area (Å²) in [5.74, 6) is -1.26. The van der Waals surface area contributed by atoms with Crippen LogP contribution in [0.25, 0.3) is 0 Å². The first-order valence-electron chi connectivity index (χ1n) is 7.10. The predicted octanol–water partition coefficient (Wildman–Crippen LogP) is 4.10. The molecular weight excluding hydrogens is 262 g/mol. The fourth-order valence-corrected chi connectivity index (χ4v) is 2.12. The van der Waals surface area contributed by atoms with E-state index < -0.39 is 11.9 Å². The van der Waals surface area contributed by atoms with Gasteiger partial charge in [0.1, 0.15) is 0 Å². The number of rotatable bonds is 5. The summed E-state index contributed by atoms with van der Waals surface area (Å²) < 4.78 is 0. The van der Waals surface area contributed by atoms with Gasteiger partial charge in [-0.3, -0.25) is 4.79 Å². The monoisotopic (exact) mass is 283 g/mol. The minimum absolute atomic E-state index is 0.466. The summed E-state index contributed by atoms with van der Waals surface area (Å²) in [6.45, 7) is 6.62. The van der Waals surface area contributed by atoms with Gasteiger partial charge in [0, 0.05) is 12.2 Å². The van der Waals surface area contributed by atoms with Gasteiger partial charge in [-0.05, 0) is 55.2 Å². The lowest BCUT2D eigenvalue weighted by molar-refractivity contribution is -0.138. The Hall–Kier alpha value is -2.29.